The summed E-state index contributed by atoms with van der Waals surface area (Å²) >= 11 is 5.83. The van der Waals surface area contributed by atoms with Gasteiger partial charge in [-0.1, -0.05) is 23.7 Å². The predicted molar refractivity (Wildman–Crippen MR) is 76.6 cm³/mol. The number of amides is 1. The van der Waals surface area contributed by atoms with Crippen molar-refractivity contribution in [3.8, 4) is 0 Å². The fourth-order valence-electron chi connectivity index (χ4n) is 2.10. The van der Waals surface area contributed by atoms with Gasteiger partial charge >= 0.3 is 5.97 Å². The molecule has 0 heterocycles. The zero-order chi connectivity index (χ0) is 14.7. The second-order valence-corrected chi connectivity index (χ2v) is 5.64. The number of halogens is 1. The summed E-state index contributed by atoms with van der Waals surface area (Å²) in [5.74, 6) is -0.102. The van der Waals surface area contributed by atoms with Gasteiger partial charge in [-0.15, -0.1) is 0 Å². The molecule has 20 heavy (non-hydrogen) atoms. The van der Waals surface area contributed by atoms with E-state index in [2.05, 4.69) is 0 Å². The van der Waals surface area contributed by atoms with Crippen LogP contribution in [0.5, 0.6) is 0 Å². The second-order valence-electron chi connectivity index (χ2n) is 5.21. The Hall–Kier alpha value is -1.55. The Morgan fingerprint density at radius 1 is 1.30 bits per heavy atom. The number of ether oxygens (including phenoxy) is 1. The Morgan fingerprint density at radius 2 is 1.95 bits per heavy atom. The van der Waals surface area contributed by atoms with Gasteiger partial charge < -0.3 is 9.64 Å². The highest BCUT2D eigenvalue weighted by Gasteiger charge is 2.45. The van der Waals surface area contributed by atoms with Crippen LogP contribution >= 0.6 is 11.6 Å². The summed E-state index contributed by atoms with van der Waals surface area (Å²) in [5, 5.41) is 0.690. The maximum atomic E-state index is 11.8. The highest BCUT2D eigenvalue weighted by Crippen LogP contribution is 2.48. The molecular weight excluding hydrogens is 278 g/mol. The summed E-state index contributed by atoms with van der Waals surface area (Å²) < 4.78 is 5.15. The zero-order valence-electron chi connectivity index (χ0n) is 11.6. The summed E-state index contributed by atoms with van der Waals surface area (Å²) in [6.07, 6.45) is 1.04. The van der Waals surface area contributed by atoms with E-state index in [1.54, 1.807) is 14.1 Å². The van der Waals surface area contributed by atoms with E-state index in [1.807, 2.05) is 24.3 Å². The first-order chi connectivity index (χ1) is 9.49. The first-order valence-electron chi connectivity index (χ1n) is 6.61. The van der Waals surface area contributed by atoms with Crippen LogP contribution in [0.3, 0.4) is 0 Å². The van der Waals surface area contributed by atoms with E-state index in [-0.39, 0.29) is 36.7 Å². The van der Waals surface area contributed by atoms with Crippen molar-refractivity contribution in [3.63, 3.8) is 0 Å². The molecule has 0 saturated heterocycles. The molecule has 108 valence electrons. The average molecular weight is 296 g/mol. The third-order valence-electron chi connectivity index (χ3n) is 3.45. The number of benzene rings is 1. The van der Waals surface area contributed by atoms with Crippen LogP contribution < -0.4 is 0 Å². The van der Waals surface area contributed by atoms with Crippen LogP contribution in [0.2, 0.25) is 5.02 Å². The first-order valence-corrected chi connectivity index (χ1v) is 6.99. The number of hydrogen-bond acceptors (Lipinski definition) is 3. The van der Waals surface area contributed by atoms with Gasteiger partial charge in [-0.2, -0.15) is 0 Å². The molecule has 1 saturated carbocycles. The van der Waals surface area contributed by atoms with E-state index in [0.29, 0.717) is 5.02 Å². The van der Waals surface area contributed by atoms with Crippen molar-refractivity contribution in [2.45, 2.75) is 18.8 Å². The molecule has 0 unspecified atom stereocenters. The topological polar surface area (TPSA) is 46.6 Å². The van der Waals surface area contributed by atoms with Gasteiger partial charge in [0.05, 0.1) is 12.3 Å². The monoisotopic (exact) mass is 295 g/mol. The lowest BCUT2D eigenvalue weighted by Gasteiger charge is -2.10. The minimum Gasteiger partial charge on any atom is -0.465 e. The number of carbonyl (C=O) groups is 2. The molecule has 0 aliphatic heterocycles. The molecule has 2 rings (SSSR count). The van der Waals surface area contributed by atoms with E-state index in [0.717, 1.165) is 12.0 Å². The molecule has 1 fully saturated rings. The maximum absolute atomic E-state index is 11.8. The molecule has 0 aromatic heterocycles. The number of carbonyl (C=O) groups excluding carboxylic acids is 2. The van der Waals surface area contributed by atoms with Crippen molar-refractivity contribution in [2.24, 2.45) is 5.92 Å². The molecule has 0 N–H and O–H groups in total. The van der Waals surface area contributed by atoms with Gasteiger partial charge in [-0.05, 0) is 30.0 Å². The molecule has 5 heteroatoms. The maximum Gasteiger partial charge on any atom is 0.309 e. The molecule has 0 radical (unpaired) electrons. The Kier molecular flexibility index (Phi) is 4.65. The third kappa shape index (κ3) is 3.73. The van der Waals surface area contributed by atoms with Crippen LogP contribution in [-0.2, 0) is 14.3 Å². The van der Waals surface area contributed by atoms with E-state index in [9.17, 15) is 9.59 Å². The molecule has 2 atom stereocenters. The number of esters is 1. The minimum atomic E-state index is -0.212. The SMILES string of the molecule is CN(C)C(=O)CCOC(=O)[C@@H]1C[C@@H]1c1ccc(Cl)cc1. The number of hydrogen-bond donors (Lipinski definition) is 0. The molecule has 0 spiro atoms. The lowest BCUT2D eigenvalue weighted by atomic mass is 10.1. The predicted octanol–water partition coefficient (Wildman–Crippen LogP) is 2.47. The van der Waals surface area contributed by atoms with Crippen molar-refractivity contribution >= 4 is 23.5 Å². The van der Waals surface area contributed by atoms with Gasteiger partial charge in [0.25, 0.3) is 0 Å². The van der Waals surface area contributed by atoms with Gasteiger partial charge in [-0.3, -0.25) is 9.59 Å². The third-order valence-corrected chi connectivity index (χ3v) is 3.70. The van der Waals surface area contributed by atoms with Gasteiger partial charge in [0.15, 0.2) is 0 Å². The molecule has 0 bridgehead atoms. The van der Waals surface area contributed by atoms with Gasteiger partial charge in [0.2, 0.25) is 5.91 Å². The Morgan fingerprint density at radius 3 is 2.55 bits per heavy atom. The van der Waals surface area contributed by atoms with Crippen LogP contribution in [0, 0.1) is 5.92 Å². The normalized spacial score (nSPS) is 20.4. The molecule has 1 aromatic carbocycles. The van der Waals surface area contributed by atoms with E-state index < -0.39 is 0 Å². The lowest BCUT2D eigenvalue weighted by Crippen LogP contribution is -2.23. The summed E-state index contributed by atoms with van der Waals surface area (Å²) in [6.45, 7) is 0.152. The number of rotatable bonds is 5. The molecule has 4 nitrogen and oxygen atoms in total. The van der Waals surface area contributed by atoms with Crippen molar-refractivity contribution in [2.75, 3.05) is 20.7 Å². The zero-order valence-corrected chi connectivity index (χ0v) is 12.4. The van der Waals surface area contributed by atoms with Crippen LogP contribution in [0.4, 0.5) is 0 Å². The number of nitrogens with zero attached hydrogens (tertiary/aromatic N) is 1. The van der Waals surface area contributed by atoms with Gasteiger partial charge in [0, 0.05) is 19.1 Å². The average Bonchev–Trinajstić information content (AvgIpc) is 3.19. The molecular formula is C15H18ClNO3. The first kappa shape index (κ1) is 14.9. The van der Waals surface area contributed by atoms with Crippen molar-refractivity contribution in [3.05, 3.63) is 34.9 Å². The van der Waals surface area contributed by atoms with E-state index in [1.165, 1.54) is 4.90 Å². The Labute approximate surface area is 123 Å². The van der Waals surface area contributed by atoms with Crippen molar-refractivity contribution in [1.29, 1.82) is 0 Å². The fourth-order valence-corrected chi connectivity index (χ4v) is 2.23. The van der Waals surface area contributed by atoms with Crippen LogP contribution in [0.1, 0.15) is 24.3 Å². The largest absolute Gasteiger partial charge is 0.465 e. The van der Waals surface area contributed by atoms with E-state index in [4.69, 9.17) is 16.3 Å². The Balaban J connectivity index is 1.76. The van der Waals surface area contributed by atoms with Gasteiger partial charge in [0.1, 0.15) is 6.61 Å². The Bertz CT molecular complexity index is 498. The summed E-state index contributed by atoms with van der Waals surface area (Å²) in [4.78, 5) is 24.7. The fraction of sp³-hybridized carbons (Fsp3) is 0.467. The van der Waals surface area contributed by atoms with Crippen LogP contribution in [0.15, 0.2) is 24.3 Å². The molecule has 1 aliphatic carbocycles. The minimum absolute atomic E-state index is 0.0390. The van der Waals surface area contributed by atoms with Crippen LogP contribution in [-0.4, -0.2) is 37.5 Å². The van der Waals surface area contributed by atoms with Crippen LogP contribution in [0.25, 0.3) is 0 Å². The summed E-state index contributed by atoms with van der Waals surface area (Å²) in [7, 11) is 3.36. The highest BCUT2D eigenvalue weighted by molar-refractivity contribution is 6.30. The van der Waals surface area contributed by atoms with E-state index >= 15 is 0 Å². The second kappa shape index (κ2) is 6.27. The van der Waals surface area contributed by atoms with Crippen molar-refractivity contribution < 1.29 is 14.3 Å². The van der Waals surface area contributed by atoms with Crippen molar-refractivity contribution in [1.82, 2.24) is 4.90 Å². The smallest absolute Gasteiger partial charge is 0.309 e. The highest BCUT2D eigenvalue weighted by atomic mass is 35.5. The standard InChI is InChI=1S/C15H18ClNO3/c1-17(2)14(18)7-8-20-15(19)13-9-12(13)10-3-5-11(16)6-4-10/h3-6,12-13H,7-9H2,1-2H3/t12-,13-/m1/s1. The molecule has 1 aromatic rings. The molecule has 1 amide bonds. The van der Waals surface area contributed by atoms with Gasteiger partial charge in [-0.25, -0.2) is 0 Å². The quantitative estimate of drug-likeness (QED) is 0.784. The lowest BCUT2D eigenvalue weighted by molar-refractivity contribution is -0.146. The summed E-state index contributed by atoms with van der Waals surface area (Å²) in [6, 6.07) is 7.53. The molecule has 1 aliphatic rings. The summed E-state index contributed by atoms with van der Waals surface area (Å²) in [5.41, 5.74) is 1.11.